The SMILES string of the molecule is Nc1c(N(N)CCCC(F)(F)CF)ccc(NCc2cnccn2)c1Br. The van der Waals surface area contributed by atoms with E-state index in [4.69, 9.17) is 11.6 Å². The molecule has 6 nitrogen and oxygen atoms in total. The van der Waals surface area contributed by atoms with Crippen LogP contribution in [-0.4, -0.2) is 29.1 Å². The lowest BCUT2D eigenvalue weighted by molar-refractivity contribution is -0.0310. The van der Waals surface area contributed by atoms with Crippen LogP contribution in [0.5, 0.6) is 0 Å². The van der Waals surface area contributed by atoms with E-state index in [1.165, 1.54) is 5.01 Å². The van der Waals surface area contributed by atoms with Crippen LogP contribution in [0.2, 0.25) is 0 Å². The number of anilines is 3. The lowest BCUT2D eigenvalue weighted by atomic mass is 10.2. The Labute approximate surface area is 157 Å². The fourth-order valence-electron chi connectivity index (χ4n) is 2.27. The highest BCUT2D eigenvalue weighted by Gasteiger charge is 2.28. The number of aromatic nitrogens is 2. The monoisotopic (exact) mass is 432 g/mol. The number of nitrogens with two attached hydrogens (primary N) is 2. The Morgan fingerprint density at radius 1 is 1.27 bits per heavy atom. The summed E-state index contributed by atoms with van der Waals surface area (Å²) in [6.45, 7) is -1.09. The number of nitrogens with one attached hydrogen (secondary N) is 1. The molecule has 1 aromatic carbocycles. The smallest absolute Gasteiger partial charge is 0.276 e. The highest BCUT2D eigenvalue weighted by Crippen LogP contribution is 2.36. The Kier molecular flexibility index (Phi) is 7.04. The van der Waals surface area contributed by atoms with E-state index < -0.39 is 19.0 Å². The van der Waals surface area contributed by atoms with E-state index >= 15 is 0 Å². The van der Waals surface area contributed by atoms with Crippen molar-refractivity contribution in [1.82, 2.24) is 9.97 Å². The van der Waals surface area contributed by atoms with Crippen molar-refractivity contribution in [3.05, 3.63) is 40.9 Å². The molecule has 26 heavy (non-hydrogen) atoms. The minimum absolute atomic E-state index is 0.0388. The number of benzene rings is 1. The molecule has 0 fully saturated rings. The summed E-state index contributed by atoms with van der Waals surface area (Å²) in [6.07, 6.45) is 4.30. The molecule has 0 atom stereocenters. The lowest BCUT2D eigenvalue weighted by Crippen LogP contribution is -2.33. The van der Waals surface area contributed by atoms with Gasteiger partial charge in [-0.2, -0.15) is 0 Å². The maximum Gasteiger partial charge on any atom is 0.276 e. The van der Waals surface area contributed by atoms with Crippen molar-refractivity contribution in [2.45, 2.75) is 25.3 Å². The molecule has 0 radical (unpaired) electrons. The van der Waals surface area contributed by atoms with Gasteiger partial charge in [0.1, 0.15) is 0 Å². The maximum absolute atomic E-state index is 12.9. The fourth-order valence-corrected chi connectivity index (χ4v) is 2.75. The molecule has 1 heterocycles. The third-order valence-electron chi connectivity index (χ3n) is 3.68. The summed E-state index contributed by atoms with van der Waals surface area (Å²) in [7, 11) is 0. The molecule has 0 saturated heterocycles. The molecule has 0 unspecified atom stereocenters. The lowest BCUT2D eigenvalue weighted by Gasteiger charge is -2.23. The zero-order chi connectivity index (χ0) is 19.2. The van der Waals surface area contributed by atoms with Gasteiger partial charge in [0.15, 0.2) is 6.67 Å². The van der Waals surface area contributed by atoms with Crippen LogP contribution in [0.4, 0.5) is 30.2 Å². The number of hydrazine groups is 1. The Morgan fingerprint density at radius 2 is 2.04 bits per heavy atom. The predicted octanol–water partition coefficient (Wildman–Crippen LogP) is 3.50. The van der Waals surface area contributed by atoms with Crippen molar-refractivity contribution in [2.75, 3.05) is 29.3 Å². The molecular formula is C16H20BrF3N6. The van der Waals surface area contributed by atoms with Crippen molar-refractivity contribution < 1.29 is 13.2 Å². The van der Waals surface area contributed by atoms with Crippen LogP contribution in [0.25, 0.3) is 0 Å². The van der Waals surface area contributed by atoms with Crippen LogP contribution in [0, 0.1) is 0 Å². The van der Waals surface area contributed by atoms with Crippen LogP contribution in [0.15, 0.2) is 35.2 Å². The molecule has 0 saturated carbocycles. The quantitative estimate of drug-likeness (QED) is 0.319. The van der Waals surface area contributed by atoms with E-state index in [1.807, 2.05) is 0 Å². The molecule has 0 spiro atoms. The number of hydrogen-bond donors (Lipinski definition) is 3. The molecule has 0 aliphatic heterocycles. The van der Waals surface area contributed by atoms with Crippen LogP contribution in [0.3, 0.4) is 0 Å². The number of rotatable bonds is 9. The molecular weight excluding hydrogens is 413 g/mol. The van der Waals surface area contributed by atoms with E-state index in [-0.39, 0.29) is 13.0 Å². The van der Waals surface area contributed by atoms with E-state index in [0.717, 1.165) is 11.4 Å². The van der Waals surface area contributed by atoms with Crippen molar-refractivity contribution in [2.24, 2.45) is 5.84 Å². The van der Waals surface area contributed by atoms with Crippen LogP contribution in [-0.2, 0) is 6.54 Å². The molecule has 10 heteroatoms. The summed E-state index contributed by atoms with van der Waals surface area (Å²) in [5.74, 6) is 2.59. The van der Waals surface area contributed by atoms with Gasteiger partial charge in [-0.1, -0.05) is 0 Å². The van der Waals surface area contributed by atoms with Crippen LogP contribution < -0.4 is 21.9 Å². The van der Waals surface area contributed by atoms with Crippen LogP contribution >= 0.6 is 15.9 Å². The molecule has 1 aromatic heterocycles. The highest BCUT2D eigenvalue weighted by atomic mass is 79.9. The average molecular weight is 433 g/mol. The minimum Gasteiger partial charge on any atom is -0.396 e. The molecule has 0 bridgehead atoms. The number of halogens is 4. The van der Waals surface area contributed by atoms with E-state index in [1.54, 1.807) is 30.7 Å². The molecule has 0 amide bonds. The predicted molar refractivity (Wildman–Crippen MR) is 99.6 cm³/mol. The molecule has 2 aromatic rings. The largest absolute Gasteiger partial charge is 0.396 e. The minimum atomic E-state index is -3.32. The summed E-state index contributed by atoms with van der Waals surface area (Å²) in [5.41, 5.74) is 8.44. The summed E-state index contributed by atoms with van der Waals surface area (Å²) < 4.78 is 38.6. The molecule has 2 rings (SSSR count). The first-order valence-corrected chi connectivity index (χ1v) is 8.66. The maximum atomic E-state index is 12.9. The molecule has 0 aliphatic rings. The first-order chi connectivity index (χ1) is 12.3. The van der Waals surface area contributed by atoms with E-state index in [2.05, 4.69) is 31.2 Å². The molecule has 142 valence electrons. The zero-order valence-electron chi connectivity index (χ0n) is 13.9. The normalized spacial score (nSPS) is 11.4. The van der Waals surface area contributed by atoms with Gasteiger partial charge in [-0.15, -0.1) is 0 Å². The van der Waals surface area contributed by atoms with Gasteiger partial charge in [-0.3, -0.25) is 9.97 Å². The number of alkyl halides is 3. The Balaban J connectivity index is 1.99. The van der Waals surface area contributed by atoms with Crippen molar-refractivity contribution in [3.8, 4) is 0 Å². The van der Waals surface area contributed by atoms with Gasteiger partial charge in [0, 0.05) is 25.4 Å². The van der Waals surface area contributed by atoms with Gasteiger partial charge in [0.2, 0.25) is 0 Å². The first kappa shape index (κ1) is 20.2. The summed E-state index contributed by atoms with van der Waals surface area (Å²) >= 11 is 3.41. The topological polar surface area (TPSA) is 93.1 Å². The Hall–Kier alpha value is -2.07. The first-order valence-electron chi connectivity index (χ1n) is 7.87. The summed E-state index contributed by atoms with van der Waals surface area (Å²) in [6, 6.07) is 3.45. The van der Waals surface area contributed by atoms with Gasteiger partial charge >= 0.3 is 0 Å². The second-order valence-corrected chi connectivity index (χ2v) is 6.49. The third kappa shape index (κ3) is 5.46. The number of nitrogens with zero attached hydrogens (tertiary/aromatic N) is 3. The number of hydrogen-bond acceptors (Lipinski definition) is 6. The standard InChI is InChI=1S/C16H20BrF3N6/c17-14-12(25-9-11-8-23-5-6-24-11)2-3-13(15(14)21)26(22)7-1-4-16(19,20)10-18/h2-3,5-6,8,25H,1,4,7,9-10,21-22H2. The van der Waals surface area contributed by atoms with Crippen molar-refractivity contribution in [3.63, 3.8) is 0 Å². The highest BCUT2D eigenvalue weighted by molar-refractivity contribution is 9.10. The number of nitrogen functional groups attached to an aromatic ring is 1. The van der Waals surface area contributed by atoms with Gasteiger partial charge in [-0.25, -0.2) is 19.0 Å². The zero-order valence-corrected chi connectivity index (χ0v) is 15.5. The van der Waals surface area contributed by atoms with Gasteiger partial charge in [-0.05, 0) is 34.5 Å². The van der Waals surface area contributed by atoms with E-state index in [0.29, 0.717) is 22.4 Å². The van der Waals surface area contributed by atoms with Crippen LogP contribution in [0.1, 0.15) is 18.5 Å². The average Bonchev–Trinajstić information content (AvgIpc) is 2.63. The second-order valence-electron chi connectivity index (χ2n) is 5.70. The Bertz CT molecular complexity index is 717. The summed E-state index contributed by atoms with van der Waals surface area (Å²) in [4.78, 5) is 8.15. The summed E-state index contributed by atoms with van der Waals surface area (Å²) in [5, 5.41) is 4.46. The fraction of sp³-hybridized carbons (Fsp3) is 0.375. The van der Waals surface area contributed by atoms with E-state index in [9.17, 15) is 13.2 Å². The van der Waals surface area contributed by atoms with Gasteiger partial charge in [0.05, 0.1) is 40.0 Å². The molecule has 0 aliphatic carbocycles. The second kappa shape index (κ2) is 9.04. The van der Waals surface area contributed by atoms with Gasteiger partial charge in [0.25, 0.3) is 5.92 Å². The van der Waals surface area contributed by atoms with Crippen molar-refractivity contribution in [1.29, 1.82) is 0 Å². The van der Waals surface area contributed by atoms with Gasteiger partial charge < -0.3 is 16.1 Å². The third-order valence-corrected chi connectivity index (χ3v) is 4.53. The molecule has 5 N–H and O–H groups in total. The van der Waals surface area contributed by atoms with Crippen molar-refractivity contribution >= 4 is 33.0 Å². The Morgan fingerprint density at radius 3 is 2.69 bits per heavy atom.